The molecule has 2 aromatic rings. The monoisotopic (exact) mass is 363 g/mol. The van der Waals surface area contributed by atoms with Crippen molar-refractivity contribution in [2.24, 2.45) is 0 Å². The predicted octanol–water partition coefficient (Wildman–Crippen LogP) is 1.52. The van der Waals surface area contributed by atoms with E-state index >= 15 is 0 Å². The van der Waals surface area contributed by atoms with Crippen molar-refractivity contribution >= 4 is 23.3 Å². The van der Waals surface area contributed by atoms with Crippen LogP contribution in [0, 0.1) is 0 Å². The van der Waals surface area contributed by atoms with Crippen LogP contribution in [0.25, 0.3) is 11.0 Å². The topological polar surface area (TPSA) is 126 Å². The van der Waals surface area contributed by atoms with Crippen molar-refractivity contribution in [2.75, 3.05) is 6.54 Å². The lowest BCUT2D eigenvalue weighted by Gasteiger charge is -2.22. The van der Waals surface area contributed by atoms with Crippen LogP contribution in [0.5, 0.6) is 0 Å². The highest BCUT2D eigenvalue weighted by atomic mass is 16.6. The number of hydrogen-bond donors (Lipinski definition) is 3. The molecule has 1 amide bonds. The largest absolute Gasteiger partial charge is 0.463 e. The van der Waals surface area contributed by atoms with E-state index in [9.17, 15) is 24.6 Å². The van der Waals surface area contributed by atoms with E-state index in [1.807, 2.05) is 0 Å². The number of carbonyl (C=O) groups excluding carboxylic acids is 2. The minimum Gasteiger partial charge on any atom is -0.463 e. The molecule has 1 heterocycles. The van der Waals surface area contributed by atoms with Crippen molar-refractivity contribution in [3.8, 4) is 0 Å². The lowest BCUT2D eigenvalue weighted by atomic mass is 10.0. The zero-order valence-corrected chi connectivity index (χ0v) is 14.7. The van der Waals surface area contributed by atoms with Crippen LogP contribution in [-0.2, 0) is 4.74 Å². The highest BCUT2D eigenvalue weighted by Crippen LogP contribution is 2.21. The summed E-state index contributed by atoms with van der Waals surface area (Å²) in [5.74, 6) is 0. The second-order valence-electron chi connectivity index (χ2n) is 6.79. The first kappa shape index (κ1) is 19.6. The number of nitrogens with one attached hydrogen (secondary N) is 1. The Hall–Kier alpha value is -2.71. The van der Waals surface area contributed by atoms with E-state index in [1.54, 1.807) is 20.8 Å². The average Bonchev–Trinajstić information content (AvgIpc) is 2.57. The first-order valence-electron chi connectivity index (χ1n) is 7.96. The summed E-state index contributed by atoms with van der Waals surface area (Å²) in [6.45, 7) is 4.85. The molecule has 0 aliphatic carbocycles. The van der Waals surface area contributed by atoms with Gasteiger partial charge in [0.1, 0.15) is 29.7 Å². The number of ether oxygens (including phenoxy) is 1. The number of aliphatic hydroxyl groups is 2. The van der Waals surface area contributed by atoms with Crippen LogP contribution in [0.3, 0.4) is 0 Å². The molecule has 0 spiro atoms. The number of hydrogen-bond acceptors (Lipinski definition) is 7. The van der Waals surface area contributed by atoms with Crippen LogP contribution in [-0.4, -0.2) is 40.8 Å². The molecule has 0 saturated carbocycles. The molecule has 2 rings (SSSR count). The molecule has 0 aliphatic rings. The van der Waals surface area contributed by atoms with Gasteiger partial charge in [-0.25, -0.2) is 4.79 Å². The summed E-state index contributed by atoms with van der Waals surface area (Å²) in [6.07, 6.45) is -1.98. The highest BCUT2D eigenvalue weighted by molar-refractivity contribution is 5.84. The van der Waals surface area contributed by atoms with Crippen molar-refractivity contribution < 1.29 is 29.0 Å². The Labute approximate surface area is 149 Å². The number of aldehydes is 1. The molecule has 0 radical (unpaired) electrons. The molecule has 0 fully saturated rings. The maximum absolute atomic E-state index is 12.1. The molecule has 0 saturated heterocycles. The third kappa shape index (κ3) is 4.68. The minimum atomic E-state index is -1.37. The van der Waals surface area contributed by atoms with E-state index in [1.165, 1.54) is 18.2 Å². The molecule has 0 bridgehead atoms. The van der Waals surface area contributed by atoms with Gasteiger partial charge in [-0.2, -0.15) is 0 Å². The van der Waals surface area contributed by atoms with Crippen molar-refractivity contribution in [2.45, 2.75) is 38.6 Å². The van der Waals surface area contributed by atoms with Crippen LogP contribution in [0.15, 0.2) is 33.7 Å². The summed E-state index contributed by atoms with van der Waals surface area (Å²) in [6, 6.07) is 4.28. The second-order valence-corrected chi connectivity index (χ2v) is 6.79. The lowest BCUT2D eigenvalue weighted by molar-refractivity contribution is 0.0130. The van der Waals surface area contributed by atoms with E-state index in [4.69, 9.17) is 9.15 Å². The maximum atomic E-state index is 12.1. The van der Waals surface area contributed by atoms with Gasteiger partial charge in [-0.3, -0.25) is 9.59 Å². The fraction of sp³-hybridized carbons (Fsp3) is 0.389. The Morgan fingerprint density at radius 1 is 1.35 bits per heavy atom. The number of fused-ring (bicyclic) bond motifs is 1. The maximum Gasteiger partial charge on any atom is 0.407 e. The van der Waals surface area contributed by atoms with Gasteiger partial charge in [0.05, 0.1) is 10.9 Å². The summed E-state index contributed by atoms with van der Waals surface area (Å²) in [7, 11) is 0. The number of aliphatic hydroxyl groups excluding tert-OH is 2. The molecule has 8 nitrogen and oxygen atoms in total. The van der Waals surface area contributed by atoms with Crippen LogP contribution in [0.4, 0.5) is 4.79 Å². The standard InChI is InChI=1S/C18H21NO7/c1-18(2,3)26-17(24)19-7-13(21)16(23)10-4-5-14-12(6-10)15(22)11(8-20)9-25-14/h4-6,8-9,13,16,21,23H,7H2,1-3H3,(H,19,24). The smallest absolute Gasteiger partial charge is 0.407 e. The van der Waals surface area contributed by atoms with Gasteiger partial charge in [0.25, 0.3) is 0 Å². The van der Waals surface area contributed by atoms with Gasteiger partial charge in [0.15, 0.2) is 6.29 Å². The van der Waals surface area contributed by atoms with Crippen LogP contribution >= 0.6 is 0 Å². The molecule has 8 heteroatoms. The van der Waals surface area contributed by atoms with Crippen LogP contribution in [0.2, 0.25) is 0 Å². The van der Waals surface area contributed by atoms with E-state index in [0.29, 0.717) is 6.29 Å². The fourth-order valence-electron chi connectivity index (χ4n) is 2.26. The molecule has 2 unspecified atom stereocenters. The minimum absolute atomic E-state index is 0.110. The van der Waals surface area contributed by atoms with E-state index < -0.39 is 29.3 Å². The van der Waals surface area contributed by atoms with Crippen molar-refractivity contribution in [1.82, 2.24) is 5.32 Å². The molecule has 140 valence electrons. The van der Waals surface area contributed by atoms with Gasteiger partial charge in [0, 0.05) is 6.54 Å². The van der Waals surface area contributed by atoms with Crippen molar-refractivity contribution in [3.63, 3.8) is 0 Å². The van der Waals surface area contributed by atoms with Crippen LogP contribution < -0.4 is 10.7 Å². The van der Waals surface area contributed by atoms with Crippen molar-refractivity contribution in [1.29, 1.82) is 0 Å². The quantitative estimate of drug-likeness (QED) is 0.688. The average molecular weight is 363 g/mol. The number of carbonyl (C=O) groups is 2. The number of alkyl carbamates (subject to hydrolysis) is 1. The SMILES string of the molecule is CC(C)(C)OC(=O)NCC(O)C(O)c1ccc2occ(C=O)c(=O)c2c1. The van der Waals surface area contributed by atoms with E-state index in [2.05, 4.69) is 5.32 Å². The first-order valence-corrected chi connectivity index (χ1v) is 7.96. The first-order chi connectivity index (χ1) is 12.1. The zero-order chi connectivity index (χ0) is 19.5. The van der Waals surface area contributed by atoms with Gasteiger partial charge in [-0.1, -0.05) is 6.07 Å². The molecule has 3 N–H and O–H groups in total. The Bertz CT molecular complexity index is 866. The highest BCUT2D eigenvalue weighted by Gasteiger charge is 2.22. The van der Waals surface area contributed by atoms with Gasteiger partial charge in [-0.15, -0.1) is 0 Å². The normalized spacial score (nSPS) is 13.9. The second kappa shape index (κ2) is 7.67. The fourth-order valence-corrected chi connectivity index (χ4v) is 2.26. The summed E-state index contributed by atoms with van der Waals surface area (Å²) < 4.78 is 10.2. The third-order valence-corrected chi connectivity index (χ3v) is 3.51. The third-order valence-electron chi connectivity index (χ3n) is 3.51. The van der Waals surface area contributed by atoms with Crippen molar-refractivity contribution in [3.05, 3.63) is 45.8 Å². The van der Waals surface area contributed by atoms with Gasteiger partial charge < -0.3 is 24.7 Å². The number of rotatable bonds is 5. The number of amides is 1. The summed E-state index contributed by atoms with van der Waals surface area (Å²) >= 11 is 0. The van der Waals surface area contributed by atoms with Gasteiger partial charge in [0.2, 0.25) is 5.43 Å². The molecule has 26 heavy (non-hydrogen) atoms. The number of benzene rings is 1. The Morgan fingerprint density at radius 3 is 2.65 bits per heavy atom. The van der Waals surface area contributed by atoms with E-state index in [-0.39, 0.29) is 28.6 Å². The Balaban J connectivity index is 2.14. The molecule has 0 aliphatic heterocycles. The van der Waals surface area contributed by atoms with E-state index in [0.717, 1.165) is 6.26 Å². The molecule has 1 aromatic carbocycles. The van der Waals surface area contributed by atoms with Gasteiger partial charge >= 0.3 is 6.09 Å². The molecular weight excluding hydrogens is 342 g/mol. The Morgan fingerprint density at radius 2 is 2.04 bits per heavy atom. The van der Waals surface area contributed by atoms with Gasteiger partial charge in [-0.05, 0) is 38.5 Å². The lowest BCUT2D eigenvalue weighted by Crippen LogP contribution is -2.38. The molecule has 1 aromatic heterocycles. The summed E-state index contributed by atoms with van der Waals surface area (Å²) in [5, 5.41) is 22.8. The van der Waals surface area contributed by atoms with Crippen LogP contribution in [0.1, 0.15) is 42.8 Å². The summed E-state index contributed by atoms with van der Waals surface area (Å²) in [4.78, 5) is 34.6. The molecule has 2 atom stereocenters. The molecular formula is C18H21NO7. The summed E-state index contributed by atoms with van der Waals surface area (Å²) in [5.41, 5.74) is -0.867. The zero-order valence-electron chi connectivity index (χ0n) is 14.7. The predicted molar refractivity (Wildman–Crippen MR) is 93.1 cm³/mol. The Kier molecular flexibility index (Phi) is 5.79.